The molecule has 3 heterocycles. The van der Waals surface area contributed by atoms with Crippen molar-refractivity contribution in [2.24, 2.45) is 0 Å². The number of hydrogen-bond donors (Lipinski definition) is 0. The molecule has 2 aromatic carbocycles. The average Bonchev–Trinajstić information content (AvgIpc) is 3.21. The summed E-state index contributed by atoms with van der Waals surface area (Å²) in [7, 11) is 0. The van der Waals surface area contributed by atoms with Crippen LogP contribution in [0.15, 0.2) is 48.5 Å². The van der Waals surface area contributed by atoms with Crippen LogP contribution in [0.1, 0.15) is 39.2 Å². The summed E-state index contributed by atoms with van der Waals surface area (Å²) in [6, 6.07) is 15.0. The summed E-state index contributed by atoms with van der Waals surface area (Å²) in [5, 5.41) is 0. The van der Waals surface area contributed by atoms with Crippen LogP contribution < -0.4 is 9.64 Å². The van der Waals surface area contributed by atoms with Crippen LogP contribution in [0.25, 0.3) is 0 Å². The lowest BCUT2D eigenvalue weighted by Gasteiger charge is -2.42. The summed E-state index contributed by atoms with van der Waals surface area (Å²) in [5.41, 5.74) is 1.35. The normalized spacial score (nSPS) is 21.1. The Morgan fingerprint density at radius 2 is 1.59 bits per heavy atom. The van der Waals surface area contributed by atoms with Gasteiger partial charge < -0.3 is 28.9 Å². The Bertz CT molecular complexity index is 1180. The maximum Gasteiger partial charge on any atom is 0.410 e. The van der Waals surface area contributed by atoms with Crippen molar-refractivity contribution >= 4 is 17.9 Å². The molecule has 3 aliphatic rings. The number of piperazine rings is 2. The van der Waals surface area contributed by atoms with Gasteiger partial charge in [0.1, 0.15) is 18.8 Å². The van der Waals surface area contributed by atoms with E-state index in [4.69, 9.17) is 14.2 Å². The Morgan fingerprint density at radius 3 is 2.24 bits per heavy atom. The molecule has 0 N–H and O–H groups in total. The van der Waals surface area contributed by atoms with Crippen molar-refractivity contribution in [2.45, 2.75) is 57.9 Å². The van der Waals surface area contributed by atoms with E-state index in [1.807, 2.05) is 51.1 Å². The SMILES string of the molecule is CC(C)(C)OC(=O)N1CC2CCC(C1)N2c1ccc(F)c(OCCN2CCN(C(=O)OCc3ccccc3)CC2)c1. The molecule has 2 amide bonds. The molecule has 222 valence electrons. The molecule has 0 radical (unpaired) electrons. The lowest BCUT2D eigenvalue weighted by Crippen LogP contribution is -2.56. The monoisotopic (exact) mass is 568 g/mol. The van der Waals surface area contributed by atoms with E-state index in [1.165, 1.54) is 6.07 Å². The average molecular weight is 569 g/mol. The summed E-state index contributed by atoms with van der Waals surface area (Å²) in [4.78, 5) is 33.1. The van der Waals surface area contributed by atoms with Crippen molar-refractivity contribution in [2.75, 3.05) is 57.3 Å². The third-order valence-corrected chi connectivity index (χ3v) is 7.85. The molecule has 9 nitrogen and oxygen atoms in total. The Balaban J connectivity index is 1.08. The maximum absolute atomic E-state index is 14.7. The highest BCUT2D eigenvalue weighted by Crippen LogP contribution is 2.37. The van der Waals surface area contributed by atoms with Crippen LogP contribution >= 0.6 is 0 Å². The van der Waals surface area contributed by atoms with Crippen molar-refractivity contribution in [1.82, 2.24) is 14.7 Å². The number of carbonyl (C=O) groups is 2. The van der Waals surface area contributed by atoms with Gasteiger partial charge in [-0.15, -0.1) is 0 Å². The first-order valence-electron chi connectivity index (χ1n) is 14.5. The number of halogens is 1. The first-order valence-corrected chi connectivity index (χ1v) is 14.5. The van der Waals surface area contributed by atoms with Crippen molar-refractivity contribution in [1.29, 1.82) is 0 Å². The van der Waals surface area contributed by atoms with Crippen molar-refractivity contribution in [3.05, 3.63) is 59.9 Å². The van der Waals surface area contributed by atoms with E-state index in [-0.39, 0.29) is 42.4 Å². The minimum Gasteiger partial charge on any atom is -0.489 e. The molecular weight excluding hydrogens is 527 g/mol. The third-order valence-electron chi connectivity index (χ3n) is 7.85. The first kappa shape index (κ1) is 29.0. The summed E-state index contributed by atoms with van der Waals surface area (Å²) in [6.07, 6.45) is 1.37. The van der Waals surface area contributed by atoms with E-state index in [2.05, 4.69) is 9.80 Å². The molecule has 2 bridgehead atoms. The van der Waals surface area contributed by atoms with E-state index in [0.29, 0.717) is 52.4 Å². The molecule has 3 aliphatic heterocycles. The van der Waals surface area contributed by atoms with Gasteiger partial charge in [0.15, 0.2) is 11.6 Å². The van der Waals surface area contributed by atoms with Crippen molar-refractivity contribution in [3.8, 4) is 5.75 Å². The fraction of sp³-hybridized carbons (Fsp3) is 0.548. The van der Waals surface area contributed by atoms with Crippen molar-refractivity contribution in [3.63, 3.8) is 0 Å². The Labute approximate surface area is 241 Å². The number of ether oxygens (including phenoxy) is 3. The minimum absolute atomic E-state index is 0.162. The molecule has 0 aliphatic carbocycles. The number of amides is 2. The molecule has 3 saturated heterocycles. The Kier molecular flexibility index (Phi) is 8.87. The molecule has 2 unspecified atom stereocenters. The van der Waals surface area contributed by atoms with Crippen LogP contribution in [-0.2, 0) is 16.1 Å². The van der Waals surface area contributed by atoms with Gasteiger partial charge in [-0.3, -0.25) is 4.90 Å². The summed E-state index contributed by atoms with van der Waals surface area (Å²) >= 11 is 0. The van der Waals surface area contributed by atoms with Gasteiger partial charge in [-0.25, -0.2) is 14.0 Å². The second-order valence-corrected chi connectivity index (χ2v) is 12.0. The molecule has 0 spiro atoms. The highest BCUT2D eigenvalue weighted by Gasteiger charge is 2.42. The zero-order valence-corrected chi connectivity index (χ0v) is 24.3. The highest BCUT2D eigenvalue weighted by molar-refractivity contribution is 5.69. The van der Waals surface area contributed by atoms with Gasteiger partial charge in [-0.05, 0) is 51.3 Å². The second-order valence-electron chi connectivity index (χ2n) is 12.0. The number of benzene rings is 2. The number of fused-ring (bicyclic) bond motifs is 2. The van der Waals surface area contributed by atoms with Gasteiger partial charge in [0.2, 0.25) is 0 Å². The zero-order chi connectivity index (χ0) is 29.0. The van der Waals surface area contributed by atoms with Crippen LogP contribution in [0, 0.1) is 5.82 Å². The predicted molar refractivity (Wildman–Crippen MR) is 154 cm³/mol. The summed E-state index contributed by atoms with van der Waals surface area (Å²) < 4.78 is 31.6. The largest absolute Gasteiger partial charge is 0.489 e. The van der Waals surface area contributed by atoms with E-state index >= 15 is 0 Å². The second kappa shape index (κ2) is 12.5. The van der Waals surface area contributed by atoms with E-state index in [1.54, 1.807) is 21.9 Å². The van der Waals surface area contributed by atoms with Crippen LogP contribution in [0.2, 0.25) is 0 Å². The fourth-order valence-corrected chi connectivity index (χ4v) is 5.81. The van der Waals surface area contributed by atoms with E-state index in [0.717, 1.165) is 24.1 Å². The molecule has 0 aromatic heterocycles. The van der Waals surface area contributed by atoms with Gasteiger partial charge in [0.25, 0.3) is 0 Å². The zero-order valence-electron chi connectivity index (χ0n) is 24.3. The Hall–Kier alpha value is -3.53. The minimum atomic E-state index is -0.529. The number of rotatable bonds is 7. The smallest absolute Gasteiger partial charge is 0.410 e. The molecule has 10 heteroatoms. The first-order chi connectivity index (χ1) is 19.7. The molecule has 2 aromatic rings. The molecule has 3 fully saturated rings. The van der Waals surface area contributed by atoms with Crippen molar-refractivity contribution < 1.29 is 28.2 Å². The lowest BCUT2D eigenvalue weighted by atomic mass is 10.1. The van der Waals surface area contributed by atoms with Crippen LogP contribution in [0.3, 0.4) is 0 Å². The number of nitrogens with zero attached hydrogens (tertiary/aromatic N) is 4. The summed E-state index contributed by atoms with van der Waals surface area (Å²) in [5.74, 6) is -0.154. The maximum atomic E-state index is 14.7. The predicted octanol–water partition coefficient (Wildman–Crippen LogP) is 4.75. The molecule has 5 rings (SSSR count). The fourth-order valence-electron chi connectivity index (χ4n) is 5.81. The van der Waals surface area contributed by atoms with Crippen LogP contribution in [-0.4, -0.2) is 97.0 Å². The van der Waals surface area contributed by atoms with E-state index in [9.17, 15) is 14.0 Å². The molecule has 0 saturated carbocycles. The third kappa shape index (κ3) is 7.41. The highest BCUT2D eigenvalue weighted by atomic mass is 19.1. The topological polar surface area (TPSA) is 74.8 Å². The van der Waals surface area contributed by atoms with Gasteiger partial charge >= 0.3 is 12.2 Å². The number of likely N-dealkylation sites (tertiary alicyclic amines) is 1. The number of carbonyl (C=O) groups excluding carboxylic acids is 2. The van der Waals surface area contributed by atoms with Gasteiger partial charge in [0, 0.05) is 69.7 Å². The summed E-state index contributed by atoms with van der Waals surface area (Å²) in [6.45, 7) is 10.6. The van der Waals surface area contributed by atoms with Crippen LogP contribution in [0.5, 0.6) is 5.75 Å². The Morgan fingerprint density at radius 1 is 0.902 bits per heavy atom. The van der Waals surface area contributed by atoms with Crippen LogP contribution in [0.4, 0.5) is 19.7 Å². The number of anilines is 1. The van der Waals surface area contributed by atoms with Gasteiger partial charge in [-0.2, -0.15) is 0 Å². The van der Waals surface area contributed by atoms with E-state index < -0.39 is 5.60 Å². The quantitative estimate of drug-likeness (QED) is 0.477. The van der Waals surface area contributed by atoms with Gasteiger partial charge in [0.05, 0.1) is 0 Å². The molecule has 41 heavy (non-hydrogen) atoms. The lowest BCUT2D eigenvalue weighted by molar-refractivity contribution is 0.0209. The molecular formula is C31H41FN4O5. The molecule has 2 atom stereocenters. The van der Waals surface area contributed by atoms with Gasteiger partial charge in [-0.1, -0.05) is 30.3 Å². The standard InChI is InChI=1S/C31H41FN4O5/c1-31(2,3)41-30(38)35-20-25-9-10-26(21-35)36(25)24-11-12-27(32)28(19-24)39-18-17-33-13-15-34(16-14-33)29(37)40-22-23-7-5-4-6-8-23/h4-8,11-12,19,25-26H,9-10,13-18,20-22H2,1-3H3. The number of hydrogen-bond acceptors (Lipinski definition) is 7.